The van der Waals surface area contributed by atoms with Crippen molar-refractivity contribution in [2.45, 2.75) is 110 Å². The minimum absolute atomic E-state index is 0.0219. The van der Waals surface area contributed by atoms with Gasteiger partial charge in [-0.05, 0) is 25.2 Å². The second-order valence-corrected chi connectivity index (χ2v) is 10.4. The fourth-order valence-corrected chi connectivity index (χ4v) is 4.11. The first-order valence-electron chi connectivity index (χ1n) is 12.7. The number of hydrogen-bond acceptors (Lipinski definition) is 8. The van der Waals surface area contributed by atoms with Gasteiger partial charge in [0.05, 0.1) is 18.2 Å². The Balaban J connectivity index is 2.61. The van der Waals surface area contributed by atoms with E-state index in [4.69, 9.17) is 9.47 Å². The van der Waals surface area contributed by atoms with E-state index in [1.54, 1.807) is 6.92 Å². The van der Waals surface area contributed by atoms with Gasteiger partial charge in [0, 0.05) is 31.5 Å². The number of aliphatic hydroxyl groups excluding tert-OH is 2. The molecular formula is C25H47N3O7. The van der Waals surface area contributed by atoms with Crippen molar-refractivity contribution in [3.8, 4) is 0 Å². The standard InChI is InChI=1S/C25H47N3O7/c1-13(2)18(27-15(5)6)23(32)28-17(19(29)14(3)4)11-9-10-12-26-24(33)22-20(30)16(7)21(31)25(34-8)35-22/h13-18,20-22,25,27,30-31H,9-12H2,1-8H3,(H,26,33)(H,28,32)/t16-,17-,18-,20-,21+,22-,25+/m0/s1. The summed E-state index contributed by atoms with van der Waals surface area (Å²) in [5.74, 6) is -1.43. The zero-order valence-corrected chi connectivity index (χ0v) is 22.5. The van der Waals surface area contributed by atoms with Crippen LogP contribution in [0, 0.1) is 17.8 Å². The van der Waals surface area contributed by atoms with Crippen LogP contribution in [0.5, 0.6) is 0 Å². The fraction of sp³-hybridized carbons (Fsp3) is 0.880. The molecule has 5 N–H and O–H groups in total. The van der Waals surface area contributed by atoms with Crippen LogP contribution in [-0.2, 0) is 23.9 Å². The number of carbonyl (C=O) groups is 3. The number of carbonyl (C=O) groups excluding carboxylic acids is 3. The highest BCUT2D eigenvalue weighted by Gasteiger charge is 2.45. The number of nitrogens with one attached hydrogen (secondary N) is 3. The van der Waals surface area contributed by atoms with E-state index in [2.05, 4.69) is 16.0 Å². The van der Waals surface area contributed by atoms with Crippen LogP contribution in [0.15, 0.2) is 0 Å². The molecule has 10 nitrogen and oxygen atoms in total. The number of aliphatic hydroxyl groups is 2. The first kappa shape index (κ1) is 31.4. The second kappa shape index (κ2) is 14.8. The summed E-state index contributed by atoms with van der Waals surface area (Å²) < 4.78 is 10.5. The van der Waals surface area contributed by atoms with E-state index in [0.29, 0.717) is 25.8 Å². The van der Waals surface area contributed by atoms with Gasteiger partial charge in [0.15, 0.2) is 18.2 Å². The molecule has 204 valence electrons. The molecule has 2 amide bonds. The number of amides is 2. The summed E-state index contributed by atoms with van der Waals surface area (Å²) in [6, 6.07) is -0.856. The SMILES string of the molecule is CO[C@@H]1O[C@H](C(=O)NCCCC[C@H](NC(=O)[C@@H](NC(C)C)C(C)C)C(=O)C(C)C)[C@@H](O)[C@H](C)[C@H]1O. The fourth-order valence-electron chi connectivity index (χ4n) is 4.11. The zero-order chi connectivity index (χ0) is 26.9. The van der Waals surface area contributed by atoms with E-state index >= 15 is 0 Å². The largest absolute Gasteiger partial charge is 0.389 e. The first-order chi connectivity index (χ1) is 16.3. The van der Waals surface area contributed by atoms with Gasteiger partial charge in [-0.3, -0.25) is 14.4 Å². The van der Waals surface area contributed by atoms with E-state index in [1.165, 1.54) is 7.11 Å². The monoisotopic (exact) mass is 501 g/mol. The summed E-state index contributed by atoms with van der Waals surface area (Å²) in [5, 5.41) is 29.3. The number of unbranched alkanes of at least 4 members (excludes halogenated alkanes) is 1. The minimum atomic E-state index is -1.16. The first-order valence-corrected chi connectivity index (χ1v) is 12.7. The van der Waals surface area contributed by atoms with Gasteiger partial charge in [-0.2, -0.15) is 0 Å². The molecular weight excluding hydrogens is 454 g/mol. The number of methoxy groups -OCH3 is 1. The van der Waals surface area contributed by atoms with Crippen LogP contribution in [0.25, 0.3) is 0 Å². The maximum atomic E-state index is 12.9. The van der Waals surface area contributed by atoms with Gasteiger partial charge >= 0.3 is 0 Å². The van der Waals surface area contributed by atoms with Gasteiger partial charge in [0.1, 0.15) is 6.10 Å². The van der Waals surface area contributed by atoms with Crippen molar-refractivity contribution in [1.29, 1.82) is 0 Å². The van der Waals surface area contributed by atoms with Gasteiger partial charge in [-0.25, -0.2) is 0 Å². The van der Waals surface area contributed by atoms with Crippen molar-refractivity contribution in [2.24, 2.45) is 17.8 Å². The van der Waals surface area contributed by atoms with E-state index in [0.717, 1.165) is 0 Å². The number of rotatable bonds is 14. The van der Waals surface area contributed by atoms with Crippen LogP contribution in [0.2, 0.25) is 0 Å². The van der Waals surface area contributed by atoms with Gasteiger partial charge < -0.3 is 35.6 Å². The number of hydrogen-bond donors (Lipinski definition) is 5. The molecule has 0 aromatic rings. The molecule has 0 saturated carbocycles. The Kier molecular flexibility index (Phi) is 13.3. The third kappa shape index (κ3) is 9.42. The quantitative estimate of drug-likeness (QED) is 0.219. The van der Waals surface area contributed by atoms with Crippen molar-refractivity contribution in [2.75, 3.05) is 13.7 Å². The molecule has 0 unspecified atom stereocenters. The Morgan fingerprint density at radius 3 is 2.14 bits per heavy atom. The van der Waals surface area contributed by atoms with E-state index in [-0.39, 0.29) is 29.6 Å². The zero-order valence-electron chi connectivity index (χ0n) is 22.5. The third-order valence-electron chi connectivity index (χ3n) is 6.35. The number of Topliss-reactive ketones (excluding diaryl/α,β-unsaturated/α-hetero) is 1. The molecule has 7 atom stereocenters. The van der Waals surface area contributed by atoms with Crippen LogP contribution in [0.1, 0.15) is 67.7 Å². The topological polar surface area (TPSA) is 146 Å². The molecule has 1 aliphatic rings. The molecule has 1 aliphatic heterocycles. The Labute approximate surface area is 209 Å². The summed E-state index contributed by atoms with van der Waals surface area (Å²) in [4.78, 5) is 38.2. The Morgan fingerprint density at radius 2 is 1.63 bits per heavy atom. The van der Waals surface area contributed by atoms with Crippen molar-refractivity contribution in [1.82, 2.24) is 16.0 Å². The molecule has 1 rings (SSSR count). The van der Waals surface area contributed by atoms with E-state index < -0.39 is 48.5 Å². The molecule has 1 saturated heterocycles. The molecule has 0 aromatic carbocycles. The Hall–Kier alpha value is -1.59. The maximum Gasteiger partial charge on any atom is 0.251 e. The lowest BCUT2D eigenvalue weighted by atomic mass is 9.90. The smallest absolute Gasteiger partial charge is 0.251 e. The lowest BCUT2D eigenvalue weighted by Gasteiger charge is -2.39. The van der Waals surface area contributed by atoms with Gasteiger partial charge in [-0.15, -0.1) is 0 Å². The summed E-state index contributed by atoms with van der Waals surface area (Å²) >= 11 is 0. The molecule has 0 bridgehead atoms. The molecule has 1 fully saturated rings. The molecule has 10 heteroatoms. The van der Waals surface area contributed by atoms with Crippen molar-refractivity contribution < 1.29 is 34.1 Å². The van der Waals surface area contributed by atoms with Crippen molar-refractivity contribution >= 4 is 17.6 Å². The van der Waals surface area contributed by atoms with Crippen LogP contribution >= 0.6 is 0 Å². The van der Waals surface area contributed by atoms with Crippen molar-refractivity contribution in [3.63, 3.8) is 0 Å². The average molecular weight is 502 g/mol. The number of ketones is 1. The second-order valence-electron chi connectivity index (χ2n) is 10.4. The van der Waals surface area contributed by atoms with Crippen LogP contribution in [-0.4, -0.2) is 84.2 Å². The Morgan fingerprint density at radius 1 is 1.00 bits per heavy atom. The maximum absolute atomic E-state index is 12.9. The number of ether oxygens (including phenoxy) is 2. The van der Waals surface area contributed by atoms with Gasteiger partial charge in [0.25, 0.3) is 5.91 Å². The summed E-state index contributed by atoms with van der Waals surface area (Å²) in [6.45, 7) is 13.5. The molecule has 35 heavy (non-hydrogen) atoms. The molecule has 1 heterocycles. The van der Waals surface area contributed by atoms with Crippen molar-refractivity contribution in [3.05, 3.63) is 0 Å². The summed E-state index contributed by atoms with van der Waals surface area (Å²) in [7, 11) is 1.36. The lowest BCUT2D eigenvalue weighted by Crippen LogP contribution is -2.58. The van der Waals surface area contributed by atoms with Gasteiger partial charge in [0.2, 0.25) is 5.91 Å². The highest BCUT2D eigenvalue weighted by molar-refractivity contribution is 5.91. The lowest BCUT2D eigenvalue weighted by molar-refractivity contribution is -0.269. The average Bonchev–Trinajstić information content (AvgIpc) is 2.79. The molecule has 0 spiro atoms. The predicted molar refractivity (Wildman–Crippen MR) is 132 cm³/mol. The minimum Gasteiger partial charge on any atom is -0.389 e. The summed E-state index contributed by atoms with van der Waals surface area (Å²) in [6.07, 6.45) is -2.68. The van der Waals surface area contributed by atoms with E-state index in [9.17, 15) is 24.6 Å². The van der Waals surface area contributed by atoms with E-state index in [1.807, 2.05) is 41.5 Å². The Bertz CT molecular complexity index is 684. The van der Waals surface area contributed by atoms with Crippen LogP contribution in [0.4, 0.5) is 0 Å². The van der Waals surface area contributed by atoms with Crippen LogP contribution < -0.4 is 16.0 Å². The highest BCUT2D eigenvalue weighted by Crippen LogP contribution is 2.26. The third-order valence-corrected chi connectivity index (χ3v) is 6.35. The van der Waals surface area contributed by atoms with Crippen LogP contribution in [0.3, 0.4) is 0 Å². The molecule has 0 radical (unpaired) electrons. The normalized spacial score (nSPS) is 26.6. The molecule has 0 aliphatic carbocycles. The highest BCUT2D eigenvalue weighted by atomic mass is 16.7. The van der Waals surface area contributed by atoms with Gasteiger partial charge in [-0.1, -0.05) is 48.5 Å². The predicted octanol–water partition coefficient (Wildman–Crippen LogP) is 0.735. The summed E-state index contributed by atoms with van der Waals surface area (Å²) in [5.41, 5.74) is 0. The molecule has 0 aromatic heterocycles.